The van der Waals surface area contributed by atoms with E-state index in [0.29, 0.717) is 12.5 Å². The van der Waals surface area contributed by atoms with E-state index >= 15 is 0 Å². The average molecular weight is 154 g/mol. The van der Waals surface area contributed by atoms with Crippen molar-refractivity contribution in [2.45, 2.75) is 12.3 Å². The van der Waals surface area contributed by atoms with Gasteiger partial charge in [-0.05, 0) is 6.42 Å². The van der Waals surface area contributed by atoms with Gasteiger partial charge in [0, 0.05) is 12.5 Å². The Hall–Kier alpha value is -1.03. The van der Waals surface area contributed by atoms with Crippen LogP contribution in [0.4, 0.5) is 0 Å². The van der Waals surface area contributed by atoms with Gasteiger partial charge in [0.1, 0.15) is 5.82 Å². The molecule has 0 amide bonds. The van der Waals surface area contributed by atoms with Crippen molar-refractivity contribution in [3.05, 3.63) is 12.0 Å². The quantitative estimate of drug-likeness (QED) is 0.623. The zero-order valence-corrected chi connectivity index (χ0v) is 6.08. The van der Waals surface area contributed by atoms with Crippen LogP contribution in [0.1, 0.15) is 18.2 Å². The van der Waals surface area contributed by atoms with Gasteiger partial charge in [-0.3, -0.25) is 0 Å². The first-order valence-electron chi connectivity index (χ1n) is 3.68. The van der Waals surface area contributed by atoms with Gasteiger partial charge in [-0.25, -0.2) is 4.98 Å². The number of H-pyrrole nitrogens is 1. The summed E-state index contributed by atoms with van der Waals surface area (Å²) in [6.07, 6.45) is 2.42. The molecule has 0 bridgehead atoms. The average Bonchev–Trinajstić information content (AvgIpc) is 2.55. The fourth-order valence-electron chi connectivity index (χ4n) is 1.28. The molecule has 2 heterocycles. The van der Waals surface area contributed by atoms with Crippen molar-refractivity contribution in [3.63, 3.8) is 0 Å². The first-order chi connectivity index (χ1) is 5.36. The minimum absolute atomic E-state index is 0.131. The second-order valence-electron chi connectivity index (χ2n) is 2.71. The third kappa shape index (κ3) is 1.21. The summed E-state index contributed by atoms with van der Waals surface area (Å²) in [4.78, 5) is 6.79. The minimum Gasteiger partial charge on any atom is -0.493 e. The number of imidazole rings is 1. The lowest BCUT2D eigenvalue weighted by molar-refractivity contribution is 0.193. The fourth-order valence-corrected chi connectivity index (χ4v) is 1.28. The van der Waals surface area contributed by atoms with Gasteiger partial charge in [0.2, 0.25) is 5.88 Å². The predicted octanol–water partition coefficient (Wildman–Crippen LogP) is 0.619. The van der Waals surface area contributed by atoms with E-state index in [1.54, 1.807) is 0 Å². The van der Waals surface area contributed by atoms with Crippen LogP contribution in [0.15, 0.2) is 6.20 Å². The number of hydrogen-bond donors (Lipinski definition) is 2. The van der Waals surface area contributed by atoms with E-state index in [1.807, 2.05) is 0 Å². The Kier molecular flexibility index (Phi) is 1.54. The fraction of sp³-hybridized carbons (Fsp3) is 0.571. The molecule has 0 spiro atoms. The van der Waals surface area contributed by atoms with E-state index in [4.69, 9.17) is 9.84 Å². The summed E-state index contributed by atoms with van der Waals surface area (Å²) < 4.78 is 5.18. The highest BCUT2D eigenvalue weighted by Crippen LogP contribution is 2.23. The first kappa shape index (κ1) is 6.67. The van der Waals surface area contributed by atoms with Crippen LogP contribution in [-0.2, 0) is 4.74 Å². The van der Waals surface area contributed by atoms with E-state index < -0.39 is 0 Å². The Morgan fingerprint density at radius 3 is 3.18 bits per heavy atom. The Balaban J connectivity index is 2.15. The lowest BCUT2D eigenvalue weighted by Gasteiger charge is -2.00. The number of rotatable bonds is 1. The van der Waals surface area contributed by atoms with Crippen molar-refractivity contribution in [1.29, 1.82) is 0 Å². The molecule has 1 fully saturated rings. The third-order valence-electron chi connectivity index (χ3n) is 1.90. The van der Waals surface area contributed by atoms with Gasteiger partial charge in [-0.1, -0.05) is 0 Å². The molecule has 1 aromatic rings. The third-order valence-corrected chi connectivity index (χ3v) is 1.90. The standard InChI is InChI=1S/C7H10N2O2/c10-6-3-8-7(9-6)5-1-2-11-4-5/h3,5,10H,1-2,4H2,(H,8,9). The minimum atomic E-state index is 0.131. The molecule has 1 saturated heterocycles. The van der Waals surface area contributed by atoms with Crippen LogP contribution in [0.5, 0.6) is 5.88 Å². The second-order valence-corrected chi connectivity index (χ2v) is 2.71. The molecular weight excluding hydrogens is 144 g/mol. The summed E-state index contributed by atoms with van der Waals surface area (Å²) >= 11 is 0. The van der Waals surface area contributed by atoms with Crippen LogP contribution < -0.4 is 0 Å². The Morgan fingerprint density at radius 1 is 1.73 bits per heavy atom. The van der Waals surface area contributed by atoms with Crippen molar-refractivity contribution in [1.82, 2.24) is 9.97 Å². The number of aromatic hydroxyl groups is 1. The molecule has 4 heteroatoms. The van der Waals surface area contributed by atoms with Gasteiger partial charge in [0.15, 0.2) is 0 Å². The van der Waals surface area contributed by atoms with Crippen LogP contribution in [0, 0.1) is 0 Å². The highest BCUT2D eigenvalue weighted by atomic mass is 16.5. The van der Waals surface area contributed by atoms with Crippen molar-refractivity contribution in [2.75, 3.05) is 13.2 Å². The van der Waals surface area contributed by atoms with Crippen molar-refractivity contribution >= 4 is 0 Å². The van der Waals surface area contributed by atoms with Crippen LogP contribution in [0.25, 0.3) is 0 Å². The SMILES string of the molecule is Oc1cnc(C2CCOC2)[nH]1. The molecule has 1 aliphatic rings. The lowest BCUT2D eigenvalue weighted by Crippen LogP contribution is -1.99. The summed E-state index contributed by atoms with van der Waals surface area (Å²) in [5.74, 6) is 1.31. The van der Waals surface area contributed by atoms with Crippen molar-refractivity contribution in [2.24, 2.45) is 0 Å². The molecule has 11 heavy (non-hydrogen) atoms. The Labute approximate surface area is 64.2 Å². The summed E-state index contributed by atoms with van der Waals surface area (Å²) in [6.45, 7) is 1.51. The molecule has 0 aromatic carbocycles. The molecule has 0 radical (unpaired) electrons. The Bertz CT molecular complexity index is 240. The molecule has 0 aliphatic carbocycles. The number of aromatic amines is 1. The molecule has 1 aliphatic heterocycles. The van der Waals surface area contributed by atoms with Crippen LogP contribution in [0.3, 0.4) is 0 Å². The molecule has 2 rings (SSSR count). The van der Waals surface area contributed by atoms with E-state index in [2.05, 4.69) is 9.97 Å². The number of nitrogens with zero attached hydrogens (tertiary/aromatic N) is 1. The Morgan fingerprint density at radius 2 is 2.64 bits per heavy atom. The summed E-state index contributed by atoms with van der Waals surface area (Å²) in [5, 5.41) is 8.95. The van der Waals surface area contributed by atoms with Gasteiger partial charge < -0.3 is 14.8 Å². The molecule has 1 unspecified atom stereocenters. The smallest absolute Gasteiger partial charge is 0.208 e. The number of ether oxygens (including phenoxy) is 1. The van der Waals surface area contributed by atoms with E-state index in [1.165, 1.54) is 6.20 Å². The van der Waals surface area contributed by atoms with Gasteiger partial charge in [0.05, 0.1) is 12.8 Å². The van der Waals surface area contributed by atoms with Crippen LogP contribution in [0.2, 0.25) is 0 Å². The first-order valence-corrected chi connectivity index (χ1v) is 3.68. The second kappa shape index (κ2) is 2.54. The van der Waals surface area contributed by atoms with Crippen molar-refractivity contribution in [3.8, 4) is 5.88 Å². The number of nitrogens with one attached hydrogen (secondary N) is 1. The molecule has 4 nitrogen and oxygen atoms in total. The van der Waals surface area contributed by atoms with Gasteiger partial charge >= 0.3 is 0 Å². The van der Waals surface area contributed by atoms with E-state index in [9.17, 15) is 0 Å². The maximum atomic E-state index is 8.95. The molecule has 1 atom stereocenters. The predicted molar refractivity (Wildman–Crippen MR) is 38.4 cm³/mol. The zero-order chi connectivity index (χ0) is 7.68. The summed E-state index contributed by atoms with van der Waals surface area (Å²) in [5.41, 5.74) is 0. The largest absolute Gasteiger partial charge is 0.493 e. The monoisotopic (exact) mass is 154 g/mol. The van der Waals surface area contributed by atoms with Gasteiger partial charge in [0.25, 0.3) is 0 Å². The number of hydrogen-bond acceptors (Lipinski definition) is 3. The number of aromatic nitrogens is 2. The lowest BCUT2D eigenvalue weighted by atomic mass is 10.1. The van der Waals surface area contributed by atoms with Crippen molar-refractivity contribution < 1.29 is 9.84 Å². The zero-order valence-electron chi connectivity index (χ0n) is 6.08. The molecule has 60 valence electrons. The highest BCUT2D eigenvalue weighted by Gasteiger charge is 2.20. The van der Waals surface area contributed by atoms with Gasteiger partial charge in [-0.15, -0.1) is 0 Å². The maximum Gasteiger partial charge on any atom is 0.208 e. The van der Waals surface area contributed by atoms with E-state index in [0.717, 1.165) is 18.9 Å². The van der Waals surface area contributed by atoms with Gasteiger partial charge in [-0.2, -0.15) is 0 Å². The topological polar surface area (TPSA) is 58.1 Å². The molecule has 0 saturated carbocycles. The van der Waals surface area contributed by atoms with E-state index in [-0.39, 0.29) is 5.88 Å². The highest BCUT2D eigenvalue weighted by molar-refractivity contribution is 5.09. The summed E-state index contributed by atoms with van der Waals surface area (Å²) in [7, 11) is 0. The summed E-state index contributed by atoms with van der Waals surface area (Å²) in [6, 6.07) is 0. The van der Waals surface area contributed by atoms with Crippen LogP contribution in [-0.4, -0.2) is 28.3 Å². The normalized spacial score (nSPS) is 24.2. The maximum absolute atomic E-state index is 8.95. The van der Waals surface area contributed by atoms with Crippen LogP contribution >= 0.6 is 0 Å². The molecule has 2 N–H and O–H groups in total. The molecular formula is C7H10N2O2. The molecule has 1 aromatic heterocycles.